The monoisotopic (exact) mass is 498 g/mol. The van der Waals surface area contributed by atoms with Crippen molar-refractivity contribution in [3.05, 3.63) is 0 Å². The minimum Gasteiger partial charge on any atom is -0.481 e. The molecule has 8 atom stereocenters. The third kappa shape index (κ3) is 3.11. The molecule has 0 heterocycles. The number of hydrogen-bond donors (Lipinski definition) is 4. The minimum atomic E-state index is -2.88. The Kier molecular flexibility index (Phi) is 5.46. The van der Waals surface area contributed by atoms with Gasteiger partial charge in [-0.15, -0.1) is 0 Å². The summed E-state index contributed by atoms with van der Waals surface area (Å²) in [5.41, 5.74) is 0. The van der Waals surface area contributed by atoms with Crippen LogP contribution in [-0.4, -0.2) is 60.9 Å². The molecule has 4 N–H and O–H groups in total. The van der Waals surface area contributed by atoms with E-state index in [4.69, 9.17) is 4.12 Å². The highest BCUT2D eigenvalue weighted by molar-refractivity contribution is 6.88. The number of fused-ring (bicyclic) bond motifs is 4. The van der Waals surface area contributed by atoms with Gasteiger partial charge in [-0.1, -0.05) is 0 Å². The summed E-state index contributed by atoms with van der Waals surface area (Å²) in [6.07, 6.45) is 3.57. The second kappa shape index (κ2) is 7.38. The van der Waals surface area contributed by atoms with Gasteiger partial charge in [0.15, 0.2) is 16.6 Å². The molecule has 0 radical (unpaired) electrons. The number of aliphatic carboxylic acids is 4. The van der Waals surface area contributed by atoms with Gasteiger partial charge in [0.25, 0.3) is 0 Å². The molecule has 8 unspecified atom stereocenters. The zero-order valence-electron chi connectivity index (χ0n) is 19.5. The Balaban J connectivity index is 1.72. The topological polar surface area (TPSA) is 158 Å². The Morgan fingerprint density at radius 2 is 1.00 bits per heavy atom. The predicted octanol–water partition coefficient (Wildman–Crippen LogP) is 3.32. The van der Waals surface area contributed by atoms with Crippen molar-refractivity contribution in [1.29, 1.82) is 0 Å². The van der Waals surface area contributed by atoms with E-state index in [1.807, 2.05) is 26.2 Å². The number of hydrogen-bond acceptors (Lipinski definition) is 5. The van der Waals surface area contributed by atoms with Crippen LogP contribution < -0.4 is 0 Å². The molecule has 184 valence electrons. The van der Waals surface area contributed by atoms with Gasteiger partial charge in [-0.2, -0.15) is 0 Å². The van der Waals surface area contributed by atoms with Crippen molar-refractivity contribution in [2.75, 3.05) is 0 Å². The third-order valence-corrected chi connectivity index (χ3v) is 20.5. The maximum absolute atomic E-state index is 12.3. The van der Waals surface area contributed by atoms with Crippen LogP contribution in [0.3, 0.4) is 0 Å². The van der Waals surface area contributed by atoms with Crippen LogP contribution >= 0.6 is 0 Å². The van der Waals surface area contributed by atoms with E-state index in [2.05, 4.69) is 0 Å². The van der Waals surface area contributed by atoms with E-state index < -0.39 is 74.3 Å². The van der Waals surface area contributed by atoms with Crippen LogP contribution in [0.25, 0.3) is 0 Å². The van der Waals surface area contributed by atoms with E-state index in [9.17, 15) is 39.6 Å². The minimum absolute atomic E-state index is 0.188. The molecule has 0 spiro atoms. The predicted molar refractivity (Wildman–Crippen MR) is 121 cm³/mol. The number of carboxylic acid groups (broad SMARTS) is 4. The van der Waals surface area contributed by atoms with Crippen molar-refractivity contribution >= 4 is 40.5 Å². The molecule has 0 saturated heterocycles. The number of carboxylic acids is 4. The first kappa shape index (κ1) is 24.4. The van der Waals surface area contributed by atoms with Crippen molar-refractivity contribution < 1.29 is 43.7 Å². The lowest BCUT2D eigenvalue weighted by molar-refractivity contribution is -0.156. The van der Waals surface area contributed by atoms with E-state index in [1.54, 1.807) is 0 Å². The van der Waals surface area contributed by atoms with Crippen LogP contribution in [0.4, 0.5) is 0 Å². The Morgan fingerprint density at radius 3 is 1.27 bits per heavy atom. The van der Waals surface area contributed by atoms with Crippen molar-refractivity contribution in [2.45, 2.75) is 74.8 Å². The summed E-state index contributed by atoms with van der Waals surface area (Å²) in [6, 6.07) is 0. The average molecular weight is 499 g/mol. The first-order chi connectivity index (χ1) is 15.1. The molecule has 4 bridgehead atoms. The van der Waals surface area contributed by atoms with Gasteiger partial charge in [0.2, 0.25) is 0 Å². The van der Waals surface area contributed by atoms with Gasteiger partial charge in [-0.05, 0) is 76.5 Å². The van der Waals surface area contributed by atoms with Crippen LogP contribution in [0.5, 0.6) is 0 Å². The number of rotatable bonds is 8. The van der Waals surface area contributed by atoms with E-state index in [0.29, 0.717) is 38.5 Å². The normalized spacial score (nSPS) is 41.9. The van der Waals surface area contributed by atoms with Crippen LogP contribution in [0, 0.1) is 35.5 Å². The molecule has 4 aliphatic rings. The average Bonchev–Trinajstić information content (AvgIpc) is 3.43. The zero-order valence-corrected chi connectivity index (χ0v) is 21.5. The first-order valence-electron chi connectivity index (χ1n) is 11.7. The Morgan fingerprint density at radius 1 is 0.667 bits per heavy atom. The van der Waals surface area contributed by atoms with Crippen molar-refractivity contribution in [3.8, 4) is 0 Å². The Hall–Kier alpha value is -1.73. The summed E-state index contributed by atoms with van der Waals surface area (Å²) >= 11 is 0. The SMILES string of the molecule is C[Si](C)(O[Si](C)(C)C12CCC(C1)C(C(=O)O)C2C(=O)O)C12CCC(C1)C(C(=O)O)C2C(=O)O. The summed E-state index contributed by atoms with van der Waals surface area (Å²) in [6.45, 7) is 7.86. The molecule has 4 aliphatic carbocycles. The highest BCUT2D eigenvalue weighted by Crippen LogP contribution is 2.73. The van der Waals surface area contributed by atoms with E-state index in [0.717, 1.165) is 0 Å². The van der Waals surface area contributed by atoms with Crippen molar-refractivity contribution in [2.24, 2.45) is 35.5 Å². The molecule has 0 aliphatic heterocycles. The molecule has 0 aromatic rings. The molecule has 0 amide bonds. The molecule has 0 aromatic heterocycles. The molecular weight excluding hydrogens is 464 g/mol. The molecule has 33 heavy (non-hydrogen) atoms. The van der Waals surface area contributed by atoms with E-state index >= 15 is 0 Å². The van der Waals surface area contributed by atoms with Crippen LogP contribution in [-0.2, 0) is 23.3 Å². The van der Waals surface area contributed by atoms with Gasteiger partial charge < -0.3 is 24.5 Å². The fourth-order valence-corrected chi connectivity index (χ4v) is 20.6. The van der Waals surface area contributed by atoms with Crippen LogP contribution in [0.2, 0.25) is 36.3 Å². The quantitative estimate of drug-likeness (QED) is 0.368. The lowest BCUT2D eigenvalue weighted by Gasteiger charge is -2.53. The molecule has 4 fully saturated rings. The standard InChI is InChI=1S/C22H34O9Si2/c1-32(2,21-7-5-11(9-21)13(17(23)24)15(21)19(27)28)31-33(3,4)22-8-6-12(10-22)14(18(25)26)16(22)20(29)30/h11-16H,5-10H2,1-4H3,(H,23,24)(H,25,26)(H,27,28)(H,29,30). The van der Waals surface area contributed by atoms with Gasteiger partial charge >= 0.3 is 23.9 Å². The summed E-state index contributed by atoms with van der Waals surface area (Å²) in [4.78, 5) is 48.7. The Labute approximate surface area is 194 Å². The maximum Gasteiger partial charge on any atom is 0.307 e. The van der Waals surface area contributed by atoms with Gasteiger partial charge in [-0.3, -0.25) is 19.2 Å². The summed E-state index contributed by atoms with van der Waals surface area (Å²) in [7, 11) is -5.75. The van der Waals surface area contributed by atoms with Crippen LogP contribution in [0.15, 0.2) is 0 Å². The highest BCUT2D eigenvalue weighted by Gasteiger charge is 2.73. The van der Waals surface area contributed by atoms with Gasteiger partial charge in [0, 0.05) is 10.1 Å². The van der Waals surface area contributed by atoms with Crippen molar-refractivity contribution in [3.63, 3.8) is 0 Å². The molecule has 0 aromatic carbocycles. The lowest BCUT2D eigenvalue weighted by Crippen LogP contribution is -2.61. The lowest BCUT2D eigenvalue weighted by atomic mass is 9.79. The second-order valence-electron chi connectivity index (χ2n) is 11.8. The fourth-order valence-electron chi connectivity index (χ4n) is 8.79. The molecular formula is C22H34O9Si2. The smallest absolute Gasteiger partial charge is 0.307 e. The van der Waals surface area contributed by atoms with Gasteiger partial charge in [-0.25, -0.2) is 0 Å². The second-order valence-corrected chi connectivity index (χ2v) is 20.6. The van der Waals surface area contributed by atoms with Gasteiger partial charge in [0.05, 0.1) is 23.7 Å². The third-order valence-electron chi connectivity index (χ3n) is 10.1. The van der Waals surface area contributed by atoms with Gasteiger partial charge in [0.1, 0.15) is 0 Å². The summed E-state index contributed by atoms with van der Waals surface area (Å²) < 4.78 is 7.02. The Bertz CT molecular complexity index is 846. The van der Waals surface area contributed by atoms with E-state index in [1.165, 1.54) is 0 Å². The summed E-state index contributed by atoms with van der Waals surface area (Å²) in [5, 5.41) is 38.3. The molecule has 4 saturated carbocycles. The van der Waals surface area contributed by atoms with Crippen LogP contribution in [0.1, 0.15) is 38.5 Å². The number of carbonyl (C=O) groups is 4. The zero-order chi connectivity index (χ0) is 24.7. The summed E-state index contributed by atoms with van der Waals surface area (Å²) in [5.74, 6) is -8.60. The maximum atomic E-state index is 12.3. The largest absolute Gasteiger partial charge is 0.481 e. The highest BCUT2D eigenvalue weighted by atomic mass is 28.4. The molecule has 11 heteroatoms. The molecule has 9 nitrogen and oxygen atoms in total. The van der Waals surface area contributed by atoms with E-state index in [-0.39, 0.29) is 11.8 Å². The van der Waals surface area contributed by atoms with Crippen molar-refractivity contribution in [1.82, 2.24) is 0 Å². The fraction of sp³-hybridized carbons (Fsp3) is 0.818. The first-order valence-corrected chi connectivity index (χ1v) is 17.5. The molecule has 4 rings (SSSR count).